The van der Waals surface area contributed by atoms with E-state index < -0.39 is 11.7 Å². The summed E-state index contributed by atoms with van der Waals surface area (Å²) in [6, 6.07) is 3.73. The Hall–Kier alpha value is -2.95. The molecule has 1 aromatic rings. The summed E-state index contributed by atoms with van der Waals surface area (Å²) < 4.78 is 39.9. The summed E-state index contributed by atoms with van der Waals surface area (Å²) in [5.41, 5.74) is 18.0. The van der Waals surface area contributed by atoms with Crippen molar-refractivity contribution in [2.45, 2.75) is 77.4 Å². The van der Waals surface area contributed by atoms with Gasteiger partial charge in [0.2, 0.25) is 5.91 Å². The first kappa shape index (κ1) is 27.6. The lowest BCUT2D eigenvalue weighted by atomic mass is 9.90. The van der Waals surface area contributed by atoms with Gasteiger partial charge in [0.25, 0.3) is 0 Å². The molecule has 0 aromatic heterocycles. The Kier molecular flexibility index (Phi) is 9.86. The number of likely N-dealkylation sites (tertiary alicyclic amines) is 1. The number of hydrogen-bond donors (Lipinski definition) is 4. The molecule has 1 aromatic carbocycles. The van der Waals surface area contributed by atoms with Crippen LogP contribution in [0.1, 0.15) is 75.0 Å². The first-order valence-corrected chi connectivity index (χ1v) is 12.6. The van der Waals surface area contributed by atoms with E-state index in [1.54, 1.807) is 6.92 Å². The molecule has 11 heteroatoms. The molecule has 0 atom stereocenters. The normalized spacial score (nSPS) is 17.6. The van der Waals surface area contributed by atoms with Crippen LogP contribution in [0.5, 0.6) is 0 Å². The minimum atomic E-state index is -4.43. The van der Waals surface area contributed by atoms with E-state index in [9.17, 15) is 18.0 Å². The number of rotatable bonds is 11. The van der Waals surface area contributed by atoms with Crippen LogP contribution in [0.3, 0.4) is 0 Å². The molecule has 2 heterocycles. The second kappa shape index (κ2) is 12.8. The number of amidine groups is 1. The number of hydrazine groups is 2. The van der Waals surface area contributed by atoms with Crippen molar-refractivity contribution >= 4 is 11.7 Å². The molecule has 0 bridgehead atoms. The van der Waals surface area contributed by atoms with Crippen molar-refractivity contribution in [3.63, 3.8) is 0 Å². The third-order valence-corrected chi connectivity index (χ3v) is 6.86. The monoisotopic (exact) mass is 509 g/mol. The lowest BCUT2D eigenvalue weighted by Crippen LogP contribution is -2.40. The number of hydrazone groups is 1. The highest BCUT2D eigenvalue weighted by atomic mass is 19.4. The minimum absolute atomic E-state index is 0.0555. The fraction of sp³-hybridized carbons (Fsp3) is 0.600. The van der Waals surface area contributed by atoms with Crippen molar-refractivity contribution < 1.29 is 18.0 Å². The highest BCUT2D eigenvalue weighted by molar-refractivity contribution is 5.79. The van der Waals surface area contributed by atoms with Crippen molar-refractivity contribution in [1.29, 1.82) is 0 Å². The molecule has 2 aliphatic rings. The van der Waals surface area contributed by atoms with E-state index in [1.807, 2.05) is 4.90 Å². The van der Waals surface area contributed by atoms with Gasteiger partial charge >= 0.3 is 6.18 Å². The van der Waals surface area contributed by atoms with Gasteiger partial charge < -0.3 is 16.4 Å². The summed E-state index contributed by atoms with van der Waals surface area (Å²) in [6.45, 7) is 3.41. The van der Waals surface area contributed by atoms with Gasteiger partial charge in [-0.3, -0.25) is 10.2 Å². The van der Waals surface area contributed by atoms with Crippen molar-refractivity contribution in [3.8, 4) is 0 Å². The average molecular weight is 510 g/mol. The van der Waals surface area contributed by atoms with Crippen LogP contribution >= 0.6 is 0 Å². The summed E-state index contributed by atoms with van der Waals surface area (Å²) in [5.74, 6) is 1.31. The number of allylic oxidation sites excluding steroid dienone is 1. The predicted molar refractivity (Wildman–Crippen MR) is 134 cm³/mol. The van der Waals surface area contributed by atoms with Crippen LogP contribution in [-0.4, -0.2) is 34.9 Å². The zero-order valence-electron chi connectivity index (χ0n) is 20.9. The van der Waals surface area contributed by atoms with Crippen molar-refractivity contribution in [3.05, 3.63) is 46.8 Å². The second-order valence-electron chi connectivity index (χ2n) is 9.64. The number of piperidine rings is 1. The molecule has 2 aliphatic heterocycles. The maximum absolute atomic E-state index is 13.3. The molecule has 6 N–H and O–H groups in total. The van der Waals surface area contributed by atoms with Gasteiger partial charge in [-0.25, -0.2) is 5.53 Å². The summed E-state index contributed by atoms with van der Waals surface area (Å²) in [4.78, 5) is 14.8. The van der Waals surface area contributed by atoms with Gasteiger partial charge in [0.05, 0.1) is 12.1 Å². The minimum Gasteiger partial charge on any atom is -0.403 e. The standard InChI is InChI=1S/C25H38F3N7O/c1-18-31-33-35(32-18)17-21-15-22(25(26,27)28)9-7-20(21)8-10-24(36)34-13-11-19(12-14-34)5-3-2-4-6-23(30)16-29/h7,9,15-16,19,33H,2-6,8,10-14,17,29-30H2,1H3,(H,31,32)/b23-16-. The summed E-state index contributed by atoms with van der Waals surface area (Å²) >= 11 is 0. The number of amides is 1. The third-order valence-electron chi connectivity index (χ3n) is 6.86. The molecule has 0 spiro atoms. The predicted octanol–water partition coefficient (Wildman–Crippen LogP) is 3.74. The SMILES string of the molecule is CC1=NNN(Cc2cc(C(F)(F)F)ccc2CCC(=O)N2CCC(CCCCC/C(N)=C/N)CC2)N1. The van der Waals surface area contributed by atoms with Crippen LogP contribution in [0.25, 0.3) is 0 Å². The van der Waals surface area contributed by atoms with E-state index >= 15 is 0 Å². The number of hydrogen-bond acceptors (Lipinski definition) is 7. The first-order valence-electron chi connectivity index (χ1n) is 12.6. The zero-order valence-corrected chi connectivity index (χ0v) is 20.9. The van der Waals surface area contributed by atoms with Crippen LogP contribution < -0.4 is 22.4 Å². The average Bonchev–Trinajstić information content (AvgIpc) is 3.26. The van der Waals surface area contributed by atoms with E-state index in [4.69, 9.17) is 11.5 Å². The fourth-order valence-corrected chi connectivity index (χ4v) is 4.71. The van der Waals surface area contributed by atoms with E-state index in [1.165, 1.54) is 17.4 Å². The Morgan fingerprint density at radius 2 is 1.92 bits per heavy atom. The Morgan fingerprint density at radius 3 is 2.56 bits per heavy atom. The quantitative estimate of drug-likeness (QED) is 0.338. The number of carbonyl (C=O) groups excluding carboxylic acids is 1. The van der Waals surface area contributed by atoms with Gasteiger partial charge in [-0.1, -0.05) is 25.3 Å². The summed E-state index contributed by atoms with van der Waals surface area (Å²) in [5, 5.41) is 5.50. The fourth-order valence-electron chi connectivity index (χ4n) is 4.71. The molecule has 0 radical (unpaired) electrons. The summed E-state index contributed by atoms with van der Waals surface area (Å²) in [6.07, 6.45) is 4.99. The molecule has 36 heavy (non-hydrogen) atoms. The van der Waals surface area contributed by atoms with Crippen LogP contribution in [0.15, 0.2) is 35.2 Å². The Morgan fingerprint density at radius 1 is 1.17 bits per heavy atom. The van der Waals surface area contributed by atoms with Gasteiger partial charge in [-0.05, 0) is 68.2 Å². The molecular formula is C25H38F3N7O. The van der Waals surface area contributed by atoms with Gasteiger partial charge in [-0.2, -0.15) is 13.2 Å². The highest BCUT2D eigenvalue weighted by Crippen LogP contribution is 2.31. The van der Waals surface area contributed by atoms with E-state index in [2.05, 4.69) is 16.1 Å². The number of aryl methyl sites for hydroxylation is 1. The molecule has 3 rings (SSSR count). The molecular weight excluding hydrogens is 471 g/mol. The number of unbranched alkanes of at least 4 members (excludes halogenated alkanes) is 2. The number of nitrogens with zero attached hydrogens (tertiary/aromatic N) is 3. The third kappa shape index (κ3) is 8.32. The number of alkyl halides is 3. The van der Waals surface area contributed by atoms with Gasteiger partial charge in [-0.15, -0.1) is 10.2 Å². The van der Waals surface area contributed by atoms with Crippen LogP contribution in [-0.2, 0) is 23.9 Å². The maximum atomic E-state index is 13.3. The Labute approximate surface area is 210 Å². The van der Waals surface area contributed by atoms with Crippen LogP contribution in [0.2, 0.25) is 0 Å². The highest BCUT2D eigenvalue weighted by Gasteiger charge is 2.31. The number of nitrogens with two attached hydrogens (primary N) is 2. The van der Waals surface area contributed by atoms with Crippen molar-refractivity contribution in [2.24, 2.45) is 22.5 Å². The molecule has 1 fully saturated rings. The van der Waals surface area contributed by atoms with Gasteiger partial charge in [0.15, 0.2) is 0 Å². The van der Waals surface area contributed by atoms with Gasteiger partial charge in [0, 0.05) is 31.4 Å². The van der Waals surface area contributed by atoms with Gasteiger partial charge in [0.1, 0.15) is 5.84 Å². The lowest BCUT2D eigenvalue weighted by Gasteiger charge is -2.32. The Bertz CT molecular complexity index is 940. The number of carbonyl (C=O) groups is 1. The molecule has 0 unspecified atom stereocenters. The molecule has 0 saturated carbocycles. The largest absolute Gasteiger partial charge is 0.416 e. The maximum Gasteiger partial charge on any atom is 0.416 e. The second-order valence-corrected chi connectivity index (χ2v) is 9.64. The molecule has 8 nitrogen and oxygen atoms in total. The number of benzene rings is 1. The topological polar surface area (TPSA) is 112 Å². The smallest absolute Gasteiger partial charge is 0.403 e. The van der Waals surface area contributed by atoms with E-state index in [0.717, 1.165) is 81.4 Å². The molecule has 0 aliphatic carbocycles. The lowest BCUT2D eigenvalue weighted by molar-refractivity contribution is -0.137. The zero-order chi connectivity index (χ0) is 26.1. The van der Waals surface area contributed by atoms with Crippen molar-refractivity contribution in [2.75, 3.05) is 13.1 Å². The molecule has 200 valence electrons. The number of nitrogens with one attached hydrogen (secondary N) is 2. The van der Waals surface area contributed by atoms with Crippen molar-refractivity contribution in [1.82, 2.24) is 21.0 Å². The number of halogens is 3. The van der Waals surface area contributed by atoms with Crippen LogP contribution in [0, 0.1) is 5.92 Å². The summed E-state index contributed by atoms with van der Waals surface area (Å²) in [7, 11) is 0. The molecule has 1 amide bonds. The van der Waals surface area contributed by atoms with E-state index in [0.29, 0.717) is 23.7 Å². The first-order chi connectivity index (χ1) is 17.2. The molecule has 1 saturated heterocycles. The Balaban J connectivity index is 1.47. The van der Waals surface area contributed by atoms with Crippen LogP contribution in [0.4, 0.5) is 13.2 Å². The van der Waals surface area contributed by atoms with E-state index in [-0.39, 0.29) is 18.9 Å².